The van der Waals surface area contributed by atoms with Crippen LogP contribution in [-0.2, 0) is 10.0 Å². The molecule has 1 N–H and O–H groups in total. The van der Waals surface area contributed by atoms with E-state index in [-0.39, 0.29) is 34.5 Å². The third kappa shape index (κ3) is 7.35. The number of nitrogens with zero attached hydrogens (tertiary/aromatic N) is 3. The molecule has 0 aliphatic carbocycles. The Bertz CT molecular complexity index is 479. The van der Waals surface area contributed by atoms with Crippen molar-refractivity contribution in [1.29, 1.82) is 0 Å². The Morgan fingerprint density at radius 1 is 1.35 bits per heavy atom. The molecule has 1 aliphatic heterocycles. The van der Waals surface area contributed by atoms with Gasteiger partial charge >= 0.3 is 0 Å². The molecule has 1 aliphatic rings. The van der Waals surface area contributed by atoms with E-state index in [9.17, 15) is 8.42 Å². The maximum Gasteiger partial charge on any atom is 0.215 e. The number of hydrogen-bond acceptors (Lipinski definition) is 4. The van der Waals surface area contributed by atoms with Gasteiger partial charge in [0.15, 0.2) is 5.96 Å². The van der Waals surface area contributed by atoms with Crippen LogP contribution in [0.2, 0.25) is 0 Å². The minimum Gasteiger partial charge on any atom is -0.355 e. The monoisotopic (exact) mass is 478 g/mol. The second-order valence-corrected chi connectivity index (χ2v) is 9.79. The molecule has 9 heteroatoms. The van der Waals surface area contributed by atoms with Gasteiger partial charge in [0.25, 0.3) is 0 Å². The molecule has 138 valence electrons. The lowest BCUT2D eigenvalue weighted by Gasteiger charge is -2.39. The van der Waals surface area contributed by atoms with Crippen LogP contribution in [0.4, 0.5) is 0 Å². The fourth-order valence-corrected chi connectivity index (χ4v) is 5.08. The van der Waals surface area contributed by atoms with Gasteiger partial charge in [-0.1, -0.05) is 13.8 Å². The molecule has 0 radical (unpaired) electrons. The highest BCUT2D eigenvalue weighted by molar-refractivity contribution is 14.0. The maximum atomic E-state index is 12.2. The van der Waals surface area contributed by atoms with E-state index in [0.717, 1.165) is 24.8 Å². The van der Waals surface area contributed by atoms with Gasteiger partial charge in [-0.05, 0) is 13.8 Å². The van der Waals surface area contributed by atoms with Crippen LogP contribution in [0.5, 0.6) is 0 Å². The highest BCUT2D eigenvalue weighted by Crippen LogP contribution is 2.29. The number of thioether (sulfide) groups is 1. The van der Waals surface area contributed by atoms with E-state index in [1.807, 2.05) is 25.6 Å². The first-order chi connectivity index (χ1) is 10.3. The summed E-state index contributed by atoms with van der Waals surface area (Å²) in [5.74, 6) is 1.95. The third-order valence-electron chi connectivity index (χ3n) is 3.68. The topological polar surface area (TPSA) is 65.0 Å². The normalized spacial score (nSPS) is 18.7. The largest absolute Gasteiger partial charge is 0.355 e. The zero-order valence-electron chi connectivity index (χ0n) is 14.8. The molecule has 0 unspecified atom stereocenters. The van der Waals surface area contributed by atoms with Gasteiger partial charge in [0.1, 0.15) is 0 Å². The lowest BCUT2D eigenvalue weighted by molar-refractivity contribution is 0.376. The fourth-order valence-electron chi connectivity index (χ4n) is 2.57. The molecule has 1 fully saturated rings. The molecule has 0 atom stereocenters. The average molecular weight is 478 g/mol. The second-order valence-electron chi connectivity index (χ2n) is 5.90. The van der Waals surface area contributed by atoms with Crippen LogP contribution >= 0.6 is 35.7 Å². The smallest absolute Gasteiger partial charge is 0.215 e. The van der Waals surface area contributed by atoms with E-state index in [0.29, 0.717) is 19.6 Å². The zero-order chi connectivity index (χ0) is 16.8. The van der Waals surface area contributed by atoms with Gasteiger partial charge in [-0.2, -0.15) is 11.8 Å². The quantitative estimate of drug-likeness (QED) is 0.358. The summed E-state index contributed by atoms with van der Waals surface area (Å²) in [6.45, 7) is 11.5. The van der Waals surface area contributed by atoms with E-state index >= 15 is 0 Å². The summed E-state index contributed by atoms with van der Waals surface area (Å²) >= 11 is 1.96. The van der Waals surface area contributed by atoms with Gasteiger partial charge in [0.05, 0.1) is 5.75 Å². The second kappa shape index (κ2) is 10.3. The van der Waals surface area contributed by atoms with Crippen molar-refractivity contribution in [3.8, 4) is 0 Å². The molecule has 0 saturated carbocycles. The highest BCUT2D eigenvalue weighted by atomic mass is 127. The molecule has 6 nitrogen and oxygen atoms in total. The Morgan fingerprint density at radius 3 is 2.43 bits per heavy atom. The van der Waals surface area contributed by atoms with Crippen LogP contribution in [0.1, 0.15) is 27.7 Å². The lowest BCUT2D eigenvalue weighted by atomic mass is 10.2. The van der Waals surface area contributed by atoms with Gasteiger partial charge in [-0.3, -0.25) is 4.99 Å². The predicted molar refractivity (Wildman–Crippen MR) is 112 cm³/mol. The number of rotatable bonds is 6. The Kier molecular flexibility index (Phi) is 10.4. The van der Waals surface area contributed by atoms with E-state index in [1.165, 1.54) is 4.31 Å². The van der Waals surface area contributed by atoms with Gasteiger partial charge in [-0.25, -0.2) is 12.7 Å². The SMILES string of the molecule is CCN(CC)S(=O)(=O)CCNC(=NC)N1CCSC(C)(C)C1.I. The molecule has 1 rings (SSSR count). The van der Waals surface area contributed by atoms with Gasteiger partial charge in [0, 0.05) is 50.3 Å². The van der Waals surface area contributed by atoms with Crippen molar-refractivity contribution in [1.82, 2.24) is 14.5 Å². The minimum absolute atomic E-state index is 0. The van der Waals surface area contributed by atoms with Crippen LogP contribution in [0, 0.1) is 0 Å². The Morgan fingerprint density at radius 2 is 1.96 bits per heavy atom. The Balaban J connectivity index is 0.00000484. The van der Waals surface area contributed by atoms with Gasteiger partial charge in [0.2, 0.25) is 10.0 Å². The predicted octanol–water partition coefficient (Wildman–Crippen LogP) is 1.68. The first-order valence-corrected chi connectivity index (χ1v) is 10.4. The molecule has 0 spiro atoms. The van der Waals surface area contributed by atoms with Gasteiger partial charge < -0.3 is 10.2 Å². The molecular weight excluding hydrogens is 447 g/mol. The number of sulfonamides is 1. The molecule has 0 aromatic rings. The number of aliphatic imine (C=N–C) groups is 1. The van der Waals surface area contributed by atoms with Crippen LogP contribution in [0.15, 0.2) is 4.99 Å². The molecule has 0 bridgehead atoms. The number of hydrogen-bond donors (Lipinski definition) is 1. The molecule has 1 saturated heterocycles. The molecule has 23 heavy (non-hydrogen) atoms. The summed E-state index contributed by atoms with van der Waals surface area (Å²) in [6, 6.07) is 0. The van der Waals surface area contributed by atoms with E-state index < -0.39 is 10.0 Å². The number of guanidine groups is 1. The van der Waals surface area contributed by atoms with Crippen molar-refractivity contribution in [2.24, 2.45) is 4.99 Å². The number of halogens is 1. The minimum atomic E-state index is -3.19. The van der Waals surface area contributed by atoms with Crippen molar-refractivity contribution < 1.29 is 8.42 Å². The van der Waals surface area contributed by atoms with Crippen molar-refractivity contribution >= 4 is 51.7 Å². The third-order valence-corrected chi connectivity index (χ3v) is 7.00. The molecule has 0 aromatic heterocycles. The summed E-state index contributed by atoms with van der Waals surface area (Å²) < 4.78 is 26.0. The van der Waals surface area contributed by atoms with Gasteiger partial charge in [-0.15, -0.1) is 24.0 Å². The maximum absolute atomic E-state index is 12.2. The summed E-state index contributed by atoms with van der Waals surface area (Å²) in [5.41, 5.74) is 0. The van der Waals surface area contributed by atoms with E-state index in [4.69, 9.17) is 0 Å². The summed E-state index contributed by atoms with van der Waals surface area (Å²) in [5, 5.41) is 3.20. The van der Waals surface area contributed by atoms with E-state index in [1.54, 1.807) is 7.05 Å². The van der Waals surface area contributed by atoms with Crippen LogP contribution in [0.3, 0.4) is 0 Å². The Labute approximate surface area is 162 Å². The average Bonchev–Trinajstić information content (AvgIpc) is 2.43. The fraction of sp³-hybridized carbons (Fsp3) is 0.929. The molecule has 1 heterocycles. The van der Waals surface area contributed by atoms with Crippen LogP contribution in [-0.4, -0.2) is 79.6 Å². The molecule has 0 amide bonds. The first kappa shape index (κ1) is 23.3. The Hall–Kier alpha value is 0.260. The highest BCUT2D eigenvalue weighted by Gasteiger charge is 2.28. The lowest BCUT2D eigenvalue weighted by Crippen LogP contribution is -2.51. The van der Waals surface area contributed by atoms with Crippen LogP contribution in [0.25, 0.3) is 0 Å². The zero-order valence-corrected chi connectivity index (χ0v) is 18.8. The molecular formula is C14H31IN4O2S2. The van der Waals surface area contributed by atoms with E-state index in [2.05, 4.69) is 29.1 Å². The molecule has 0 aromatic carbocycles. The van der Waals surface area contributed by atoms with Crippen molar-refractivity contribution in [3.63, 3.8) is 0 Å². The summed E-state index contributed by atoms with van der Waals surface area (Å²) in [7, 11) is -1.44. The number of nitrogens with one attached hydrogen (secondary N) is 1. The van der Waals surface area contributed by atoms with Crippen LogP contribution < -0.4 is 5.32 Å². The van der Waals surface area contributed by atoms with Crippen molar-refractivity contribution in [2.75, 3.05) is 51.3 Å². The van der Waals surface area contributed by atoms with Crippen molar-refractivity contribution in [3.05, 3.63) is 0 Å². The first-order valence-electron chi connectivity index (χ1n) is 7.83. The standard InChI is InChI=1S/C14H30N4O2S2.HI/c1-6-18(7-2)22(19,20)11-8-16-13(15-5)17-9-10-21-14(3,4)12-17;/h6-12H2,1-5H3,(H,15,16);1H. The summed E-state index contributed by atoms with van der Waals surface area (Å²) in [6.07, 6.45) is 0. The summed E-state index contributed by atoms with van der Waals surface area (Å²) in [4.78, 5) is 6.50. The van der Waals surface area contributed by atoms with Crippen molar-refractivity contribution in [2.45, 2.75) is 32.4 Å².